The first-order valence-electron chi connectivity index (χ1n) is 5.59. The molecule has 0 saturated heterocycles. The van der Waals surface area contributed by atoms with Gasteiger partial charge >= 0.3 is 5.97 Å². The summed E-state index contributed by atoms with van der Waals surface area (Å²) in [5.41, 5.74) is 1.98. The number of rotatable bonds is 3. The van der Waals surface area contributed by atoms with Gasteiger partial charge in [-0.25, -0.2) is 4.79 Å². The van der Waals surface area contributed by atoms with E-state index in [-0.39, 0.29) is 5.97 Å². The topological polar surface area (TPSA) is 52.3 Å². The van der Waals surface area contributed by atoms with Crippen LogP contribution in [0.3, 0.4) is 0 Å². The van der Waals surface area contributed by atoms with Crippen LogP contribution in [-0.2, 0) is 9.53 Å². The molecule has 0 unspecified atom stereocenters. The Hall–Kier alpha value is -1.88. The van der Waals surface area contributed by atoms with E-state index in [4.69, 9.17) is 4.52 Å². The van der Waals surface area contributed by atoms with Gasteiger partial charge in [-0.3, -0.25) is 0 Å². The second-order valence-electron chi connectivity index (χ2n) is 3.94. The van der Waals surface area contributed by atoms with Crippen LogP contribution in [0.25, 0.3) is 17.4 Å². The summed E-state index contributed by atoms with van der Waals surface area (Å²) in [6.45, 7) is 1.67. The fraction of sp³-hybridized carbons (Fsp3) is 0.143. The molecule has 0 radical (unpaired) electrons. The lowest BCUT2D eigenvalue weighted by atomic mass is 10.1. The van der Waals surface area contributed by atoms with E-state index in [2.05, 4.69) is 25.8 Å². The third kappa shape index (κ3) is 3.32. The number of aromatic nitrogens is 1. The molecular formula is C14H12BrNO3. The van der Waals surface area contributed by atoms with Crippen LogP contribution in [-0.4, -0.2) is 18.2 Å². The van der Waals surface area contributed by atoms with Gasteiger partial charge in [0.05, 0.1) is 7.11 Å². The van der Waals surface area contributed by atoms with E-state index in [1.807, 2.05) is 24.3 Å². The summed E-state index contributed by atoms with van der Waals surface area (Å²) in [5.74, 6) is 0.268. The number of methoxy groups -OCH3 is 1. The Morgan fingerprint density at radius 1 is 1.37 bits per heavy atom. The molecule has 0 N–H and O–H groups in total. The zero-order valence-corrected chi connectivity index (χ0v) is 12.1. The Kier molecular flexibility index (Phi) is 4.16. The zero-order chi connectivity index (χ0) is 13.8. The van der Waals surface area contributed by atoms with E-state index in [1.165, 1.54) is 7.11 Å². The molecule has 2 rings (SSSR count). The minimum absolute atomic E-state index is 0.381. The van der Waals surface area contributed by atoms with Gasteiger partial charge in [0, 0.05) is 21.7 Å². The molecular weight excluding hydrogens is 310 g/mol. The highest BCUT2D eigenvalue weighted by molar-refractivity contribution is 9.10. The molecule has 0 spiro atoms. The van der Waals surface area contributed by atoms with Crippen molar-refractivity contribution in [3.63, 3.8) is 0 Å². The molecule has 0 amide bonds. The van der Waals surface area contributed by atoms with Gasteiger partial charge in [0.1, 0.15) is 5.69 Å². The lowest BCUT2D eigenvalue weighted by Crippen LogP contribution is -2.00. The minimum Gasteiger partial charge on any atom is -0.466 e. The van der Waals surface area contributed by atoms with Gasteiger partial charge in [0.25, 0.3) is 0 Å². The molecule has 0 saturated carbocycles. The number of hydrogen-bond donors (Lipinski definition) is 0. The summed E-state index contributed by atoms with van der Waals surface area (Å²) in [4.78, 5) is 11.3. The van der Waals surface area contributed by atoms with Crippen molar-refractivity contribution in [3.8, 4) is 11.3 Å². The third-order valence-electron chi connectivity index (χ3n) is 2.53. The summed E-state index contributed by atoms with van der Waals surface area (Å²) in [5, 5.41) is 3.90. The van der Waals surface area contributed by atoms with Gasteiger partial charge in [0.15, 0.2) is 5.76 Å². The highest BCUT2D eigenvalue weighted by atomic mass is 79.9. The van der Waals surface area contributed by atoms with Crippen LogP contribution in [0.5, 0.6) is 0 Å². The molecule has 19 heavy (non-hydrogen) atoms. The van der Waals surface area contributed by atoms with Crippen molar-refractivity contribution < 1.29 is 14.1 Å². The van der Waals surface area contributed by atoms with Crippen LogP contribution < -0.4 is 0 Å². The van der Waals surface area contributed by atoms with E-state index in [1.54, 1.807) is 19.1 Å². The summed E-state index contributed by atoms with van der Waals surface area (Å²) in [6, 6.07) is 9.46. The summed E-state index contributed by atoms with van der Waals surface area (Å²) in [6.07, 6.45) is 1.62. The predicted molar refractivity (Wildman–Crippen MR) is 75.3 cm³/mol. The molecule has 0 bridgehead atoms. The molecule has 0 aliphatic heterocycles. The van der Waals surface area contributed by atoms with E-state index in [0.717, 1.165) is 10.0 Å². The van der Waals surface area contributed by atoms with E-state index < -0.39 is 0 Å². The monoisotopic (exact) mass is 321 g/mol. The molecule has 1 aromatic heterocycles. The summed E-state index contributed by atoms with van der Waals surface area (Å²) >= 11 is 3.37. The number of esters is 1. The van der Waals surface area contributed by atoms with Gasteiger partial charge in [-0.05, 0) is 25.1 Å². The van der Waals surface area contributed by atoms with Gasteiger partial charge < -0.3 is 9.26 Å². The average molecular weight is 322 g/mol. The highest BCUT2D eigenvalue weighted by Crippen LogP contribution is 2.23. The molecule has 98 valence electrons. The van der Waals surface area contributed by atoms with Gasteiger partial charge in [-0.1, -0.05) is 33.2 Å². The lowest BCUT2D eigenvalue weighted by molar-refractivity contribution is -0.135. The lowest BCUT2D eigenvalue weighted by Gasteiger charge is -1.95. The molecule has 2 aromatic rings. The van der Waals surface area contributed by atoms with Crippen molar-refractivity contribution in [1.82, 2.24) is 5.16 Å². The Morgan fingerprint density at radius 3 is 2.68 bits per heavy atom. The number of nitrogens with zero attached hydrogens (tertiary/aromatic N) is 1. The van der Waals surface area contributed by atoms with E-state index in [0.29, 0.717) is 17.0 Å². The van der Waals surface area contributed by atoms with Crippen molar-refractivity contribution in [2.75, 3.05) is 7.11 Å². The van der Waals surface area contributed by atoms with Crippen molar-refractivity contribution in [3.05, 3.63) is 46.1 Å². The summed E-state index contributed by atoms with van der Waals surface area (Å²) in [7, 11) is 1.34. The van der Waals surface area contributed by atoms with Crippen molar-refractivity contribution in [2.24, 2.45) is 0 Å². The maximum absolute atomic E-state index is 11.3. The molecule has 0 aliphatic carbocycles. The number of hydrogen-bond acceptors (Lipinski definition) is 4. The standard InChI is InChI=1S/C14H12BrNO3/c1-9(14(17)18-2)7-12-8-13(19-16-12)10-3-5-11(15)6-4-10/h3-8H,1-2H3/b9-7+. The van der Waals surface area contributed by atoms with E-state index >= 15 is 0 Å². The quantitative estimate of drug-likeness (QED) is 0.639. The normalized spacial score (nSPS) is 11.4. The zero-order valence-electron chi connectivity index (χ0n) is 10.5. The first-order chi connectivity index (χ1) is 9.10. The number of carbonyl (C=O) groups excluding carboxylic acids is 1. The first kappa shape index (κ1) is 13.5. The van der Waals surface area contributed by atoms with Gasteiger partial charge in [-0.15, -0.1) is 0 Å². The Morgan fingerprint density at radius 2 is 2.05 bits per heavy atom. The summed E-state index contributed by atoms with van der Waals surface area (Å²) < 4.78 is 10.9. The molecule has 4 nitrogen and oxygen atoms in total. The third-order valence-corrected chi connectivity index (χ3v) is 3.06. The Bertz CT molecular complexity index is 614. The molecule has 0 aliphatic rings. The van der Waals surface area contributed by atoms with Crippen molar-refractivity contribution >= 4 is 28.0 Å². The number of halogens is 1. The fourth-order valence-corrected chi connectivity index (χ4v) is 1.81. The van der Waals surface area contributed by atoms with Crippen molar-refractivity contribution in [2.45, 2.75) is 6.92 Å². The molecule has 1 aromatic carbocycles. The van der Waals surface area contributed by atoms with Crippen molar-refractivity contribution in [1.29, 1.82) is 0 Å². The SMILES string of the molecule is COC(=O)/C(C)=C/c1cc(-c2ccc(Br)cc2)on1. The van der Waals surface area contributed by atoms with Crippen LogP contribution in [0, 0.1) is 0 Å². The molecule has 5 heteroatoms. The van der Waals surface area contributed by atoms with Gasteiger partial charge in [-0.2, -0.15) is 0 Å². The maximum Gasteiger partial charge on any atom is 0.333 e. The van der Waals surface area contributed by atoms with Crippen LogP contribution in [0.2, 0.25) is 0 Å². The maximum atomic E-state index is 11.3. The minimum atomic E-state index is -0.381. The smallest absolute Gasteiger partial charge is 0.333 e. The highest BCUT2D eigenvalue weighted by Gasteiger charge is 2.08. The second kappa shape index (κ2) is 5.84. The van der Waals surface area contributed by atoms with Gasteiger partial charge in [0.2, 0.25) is 0 Å². The average Bonchev–Trinajstić information content (AvgIpc) is 2.87. The fourth-order valence-electron chi connectivity index (χ4n) is 1.55. The molecule has 1 heterocycles. The Labute approximate surface area is 119 Å². The predicted octanol–water partition coefficient (Wildman–Crippen LogP) is 3.68. The van der Waals surface area contributed by atoms with Crippen LogP contribution >= 0.6 is 15.9 Å². The van der Waals surface area contributed by atoms with E-state index in [9.17, 15) is 4.79 Å². The number of benzene rings is 1. The van der Waals surface area contributed by atoms with Crippen LogP contribution in [0.1, 0.15) is 12.6 Å². The van der Waals surface area contributed by atoms with Crippen LogP contribution in [0.4, 0.5) is 0 Å². The Balaban J connectivity index is 2.24. The number of carbonyl (C=O) groups is 1. The number of ether oxygens (including phenoxy) is 1. The second-order valence-corrected chi connectivity index (χ2v) is 4.86. The first-order valence-corrected chi connectivity index (χ1v) is 6.38. The largest absolute Gasteiger partial charge is 0.466 e. The van der Waals surface area contributed by atoms with Crippen LogP contribution in [0.15, 0.2) is 44.9 Å². The molecule has 0 atom stereocenters. The molecule has 0 fully saturated rings.